The third-order valence-electron chi connectivity index (χ3n) is 4.04. The summed E-state index contributed by atoms with van der Waals surface area (Å²) in [5.74, 6) is 0.00294. The molecule has 2 unspecified atom stereocenters. The third-order valence-corrected chi connectivity index (χ3v) is 4.04. The molecule has 0 spiro atoms. The second-order valence-corrected chi connectivity index (χ2v) is 5.59. The minimum Gasteiger partial charge on any atom is -0.494 e. The number of benzene rings is 1. The van der Waals surface area contributed by atoms with Crippen molar-refractivity contribution in [2.45, 2.75) is 32.7 Å². The zero-order valence-electron chi connectivity index (χ0n) is 13.6. The van der Waals surface area contributed by atoms with E-state index in [9.17, 15) is 9.59 Å². The molecule has 122 valence electrons. The highest BCUT2D eigenvalue weighted by Gasteiger charge is 2.51. The summed E-state index contributed by atoms with van der Waals surface area (Å²) in [6.07, 6.45) is 0.434. The topological polar surface area (TPSA) is 82.4 Å². The molecular weight excluding hydrogens is 294 g/mol. The molecule has 6 heteroatoms. The van der Waals surface area contributed by atoms with Crippen LogP contribution in [0, 0.1) is 17.2 Å². The Morgan fingerprint density at radius 1 is 1.30 bits per heavy atom. The number of carbonyl (C=O) groups excluding carboxylic acids is 2. The molecule has 0 saturated carbocycles. The quantitative estimate of drug-likeness (QED) is 0.817. The maximum Gasteiger partial charge on any atom is 0.325 e. The molecule has 1 aromatic rings. The lowest BCUT2D eigenvalue weighted by Gasteiger charge is -2.26. The van der Waals surface area contributed by atoms with Gasteiger partial charge in [-0.2, -0.15) is 5.26 Å². The second-order valence-electron chi connectivity index (χ2n) is 5.59. The summed E-state index contributed by atoms with van der Waals surface area (Å²) < 4.78 is 5.41. The zero-order valence-corrected chi connectivity index (χ0v) is 13.6. The standard InChI is InChI=1S/C17H21N3O3/c1-4-17(13-6-8-14(9-7-13)23-5-2)15(21)20(16(22)19-17)11-12(3)10-18/h6-9,12H,4-5,11H2,1-3H3,(H,19,22). The van der Waals surface area contributed by atoms with Crippen molar-refractivity contribution in [2.75, 3.05) is 13.2 Å². The first-order valence-corrected chi connectivity index (χ1v) is 7.75. The van der Waals surface area contributed by atoms with Crippen molar-refractivity contribution >= 4 is 11.9 Å². The normalized spacial score (nSPS) is 21.7. The van der Waals surface area contributed by atoms with Crippen LogP contribution >= 0.6 is 0 Å². The van der Waals surface area contributed by atoms with Gasteiger partial charge in [0, 0.05) is 6.54 Å². The van der Waals surface area contributed by atoms with Crippen LogP contribution in [0.3, 0.4) is 0 Å². The van der Waals surface area contributed by atoms with Gasteiger partial charge in [-0.15, -0.1) is 0 Å². The lowest BCUT2D eigenvalue weighted by atomic mass is 9.87. The van der Waals surface area contributed by atoms with Crippen LogP contribution in [0.15, 0.2) is 24.3 Å². The van der Waals surface area contributed by atoms with Gasteiger partial charge in [0.15, 0.2) is 0 Å². The van der Waals surface area contributed by atoms with Crippen molar-refractivity contribution in [1.82, 2.24) is 10.2 Å². The number of imide groups is 1. The Kier molecular flexibility index (Phi) is 4.89. The molecule has 2 atom stereocenters. The molecule has 1 aromatic carbocycles. The fourth-order valence-electron chi connectivity index (χ4n) is 2.75. The molecule has 0 aromatic heterocycles. The van der Waals surface area contributed by atoms with Gasteiger partial charge >= 0.3 is 6.03 Å². The zero-order chi connectivity index (χ0) is 17.0. The van der Waals surface area contributed by atoms with E-state index in [0.717, 1.165) is 4.90 Å². The number of hydrogen-bond acceptors (Lipinski definition) is 4. The second kappa shape index (κ2) is 6.69. The molecule has 0 radical (unpaired) electrons. The van der Waals surface area contributed by atoms with Gasteiger partial charge in [0.2, 0.25) is 0 Å². The summed E-state index contributed by atoms with van der Waals surface area (Å²) in [5.41, 5.74) is -0.356. The van der Waals surface area contributed by atoms with Crippen LogP contribution in [0.25, 0.3) is 0 Å². The number of nitrogens with zero attached hydrogens (tertiary/aromatic N) is 2. The van der Waals surface area contributed by atoms with Crippen LogP contribution in [0.2, 0.25) is 0 Å². The number of ether oxygens (including phenoxy) is 1. The summed E-state index contributed by atoms with van der Waals surface area (Å²) in [4.78, 5) is 26.2. The number of carbonyl (C=O) groups is 2. The van der Waals surface area contributed by atoms with Crippen molar-refractivity contribution < 1.29 is 14.3 Å². The maximum absolute atomic E-state index is 12.8. The molecular formula is C17H21N3O3. The Bertz CT molecular complexity index is 635. The van der Waals surface area contributed by atoms with Crippen LogP contribution in [0.4, 0.5) is 4.79 Å². The first-order chi connectivity index (χ1) is 11.0. The highest BCUT2D eigenvalue weighted by Crippen LogP contribution is 2.33. The number of nitriles is 1. The van der Waals surface area contributed by atoms with Crippen molar-refractivity contribution in [3.05, 3.63) is 29.8 Å². The molecule has 2 rings (SSSR count). The lowest BCUT2D eigenvalue weighted by Crippen LogP contribution is -2.43. The van der Waals surface area contributed by atoms with Crippen LogP contribution in [0.5, 0.6) is 5.75 Å². The predicted octanol–water partition coefficient (Wildman–Crippen LogP) is 2.40. The first-order valence-electron chi connectivity index (χ1n) is 7.75. The summed E-state index contributed by atoms with van der Waals surface area (Å²) in [7, 11) is 0. The molecule has 1 aliphatic heterocycles. The predicted molar refractivity (Wildman–Crippen MR) is 84.6 cm³/mol. The Morgan fingerprint density at radius 3 is 2.48 bits per heavy atom. The van der Waals surface area contributed by atoms with Crippen LogP contribution in [-0.4, -0.2) is 30.0 Å². The van der Waals surface area contributed by atoms with Crippen LogP contribution in [0.1, 0.15) is 32.8 Å². The Morgan fingerprint density at radius 2 is 1.96 bits per heavy atom. The number of rotatable bonds is 6. The lowest BCUT2D eigenvalue weighted by molar-refractivity contribution is -0.132. The van der Waals surface area contributed by atoms with E-state index in [4.69, 9.17) is 10.00 Å². The Balaban J connectivity index is 2.32. The molecule has 0 aliphatic carbocycles. The largest absolute Gasteiger partial charge is 0.494 e. The van der Waals surface area contributed by atoms with E-state index in [0.29, 0.717) is 24.3 Å². The first kappa shape index (κ1) is 16.8. The highest BCUT2D eigenvalue weighted by atomic mass is 16.5. The highest BCUT2D eigenvalue weighted by molar-refractivity contribution is 6.07. The number of urea groups is 1. The van der Waals surface area contributed by atoms with Gasteiger partial charge in [0.05, 0.1) is 18.6 Å². The third kappa shape index (κ3) is 3.00. The van der Waals surface area contributed by atoms with Crippen molar-refractivity contribution in [2.24, 2.45) is 5.92 Å². The van der Waals surface area contributed by atoms with Gasteiger partial charge < -0.3 is 10.1 Å². The van der Waals surface area contributed by atoms with Gasteiger partial charge in [-0.25, -0.2) is 4.79 Å². The van der Waals surface area contributed by atoms with Crippen molar-refractivity contribution in [1.29, 1.82) is 5.26 Å². The van der Waals surface area contributed by atoms with E-state index in [1.807, 2.05) is 19.9 Å². The fraction of sp³-hybridized carbons (Fsp3) is 0.471. The molecule has 0 bridgehead atoms. The number of nitrogens with one attached hydrogen (secondary N) is 1. The van der Waals surface area contributed by atoms with Crippen molar-refractivity contribution in [3.8, 4) is 11.8 Å². The van der Waals surface area contributed by atoms with E-state index in [2.05, 4.69) is 5.32 Å². The fourth-order valence-corrected chi connectivity index (χ4v) is 2.75. The summed E-state index contributed by atoms with van der Waals surface area (Å²) in [6, 6.07) is 8.77. The minimum atomic E-state index is -1.07. The summed E-state index contributed by atoms with van der Waals surface area (Å²) in [6.45, 7) is 6.10. The van der Waals surface area contributed by atoms with Gasteiger partial charge in [0.25, 0.3) is 5.91 Å². The monoisotopic (exact) mass is 315 g/mol. The van der Waals surface area contributed by atoms with E-state index in [1.165, 1.54) is 0 Å². The van der Waals surface area contributed by atoms with Gasteiger partial charge in [-0.1, -0.05) is 19.1 Å². The molecule has 1 N–H and O–H groups in total. The SMILES string of the molecule is CCOc1ccc(C2(CC)NC(=O)N(CC(C)C#N)C2=O)cc1. The van der Waals surface area contributed by atoms with Crippen LogP contribution in [-0.2, 0) is 10.3 Å². The van der Waals surface area contributed by atoms with E-state index >= 15 is 0 Å². The van der Waals surface area contributed by atoms with Crippen molar-refractivity contribution in [3.63, 3.8) is 0 Å². The van der Waals surface area contributed by atoms with E-state index in [-0.39, 0.29) is 12.5 Å². The average Bonchev–Trinajstić information content (AvgIpc) is 2.80. The van der Waals surface area contributed by atoms with Gasteiger partial charge in [-0.05, 0) is 38.0 Å². The molecule has 1 aliphatic rings. The molecule has 1 saturated heterocycles. The number of hydrogen-bond donors (Lipinski definition) is 1. The molecule has 6 nitrogen and oxygen atoms in total. The average molecular weight is 315 g/mol. The van der Waals surface area contributed by atoms with Crippen LogP contribution < -0.4 is 10.1 Å². The Labute approximate surface area is 136 Å². The van der Waals surface area contributed by atoms with Gasteiger partial charge in [0.1, 0.15) is 11.3 Å². The maximum atomic E-state index is 12.8. The molecule has 3 amide bonds. The molecule has 23 heavy (non-hydrogen) atoms. The summed E-state index contributed by atoms with van der Waals surface area (Å²) >= 11 is 0. The van der Waals surface area contributed by atoms with E-state index in [1.54, 1.807) is 31.2 Å². The molecule has 1 fully saturated rings. The Hall–Kier alpha value is -2.55. The smallest absolute Gasteiger partial charge is 0.325 e. The van der Waals surface area contributed by atoms with E-state index < -0.39 is 17.5 Å². The van der Waals surface area contributed by atoms with Gasteiger partial charge in [-0.3, -0.25) is 9.69 Å². The summed E-state index contributed by atoms with van der Waals surface area (Å²) in [5, 5.41) is 11.7. The minimum absolute atomic E-state index is 0.0972. The molecule has 1 heterocycles. The number of amides is 3.